The minimum absolute atomic E-state index is 0.0174. The molecular weight excluding hydrogens is 294 g/mol. The molecule has 1 N–H and O–H groups in total. The van der Waals surface area contributed by atoms with Gasteiger partial charge in [0.05, 0.1) is 22.4 Å². The number of nitrogens with one attached hydrogen (secondary N) is 1. The molecular formula is C13H17N3O2S2. The number of aromatic nitrogens is 2. The van der Waals surface area contributed by atoms with Crippen molar-refractivity contribution >= 4 is 34.1 Å². The number of oxazole rings is 1. The summed E-state index contributed by atoms with van der Waals surface area (Å²) >= 11 is 3.06. The fourth-order valence-corrected chi connectivity index (χ4v) is 3.07. The van der Waals surface area contributed by atoms with Gasteiger partial charge in [-0.25, -0.2) is 9.97 Å². The van der Waals surface area contributed by atoms with Crippen LogP contribution in [0.4, 0.5) is 5.13 Å². The monoisotopic (exact) mass is 311 g/mol. The summed E-state index contributed by atoms with van der Waals surface area (Å²) in [7, 11) is 0. The highest BCUT2D eigenvalue weighted by Gasteiger charge is 2.11. The van der Waals surface area contributed by atoms with E-state index in [0.717, 1.165) is 16.4 Å². The summed E-state index contributed by atoms with van der Waals surface area (Å²) in [5, 5.41) is 3.42. The number of rotatable bonds is 6. The van der Waals surface area contributed by atoms with Gasteiger partial charge in [0.15, 0.2) is 5.13 Å². The first-order chi connectivity index (χ1) is 9.58. The Hall–Kier alpha value is -1.34. The van der Waals surface area contributed by atoms with Crippen LogP contribution in [0.1, 0.15) is 32.4 Å². The van der Waals surface area contributed by atoms with E-state index in [9.17, 15) is 4.79 Å². The summed E-state index contributed by atoms with van der Waals surface area (Å²) in [6.07, 6.45) is 4.37. The maximum Gasteiger partial charge on any atom is 0.228 e. The van der Waals surface area contributed by atoms with E-state index in [-0.39, 0.29) is 11.8 Å². The molecule has 2 heterocycles. The van der Waals surface area contributed by atoms with Crippen molar-refractivity contribution < 1.29 is 9.21 Å². The Morgan fingerprint density at radius 2 is 2.25 bits per heavy atom. The SMILES string of the molecule is CCc1cnc(CSc2cnc(NC(=O)C(C)C)s2)o1. The van der Waals surface area contributed by atoms with Crippen molar-refractivity contribution in [2.75, 3.05) is 5.32 Å². The summed E-state index contributed by atoms with van der Waals surface area (Å²) < 4.78 is 6.57. The third kappa shape index (κ3) is 4.08. The van der Waals surface area contributed by atoms with Crippen molar-refractivity contribution in [1.82, 2.24) is 9.97 Å². The summed E-state index contributed by atoms with van der Waals surface area (Å²) in [5.74, 6) is 2.22. The van der Waals surface area contributed by atoms with E-state index in [4.69, 9.17) is 4.42 Å². The van der Waals surface area contributed by atoms with Gasteiger partial charge < -0.3 is 9.73 Å². The molecule has 1 amide bonds. The van der Waals surface area contributed by atoms with Crippen LogP contribution in [0.3, 0.4) is 0 Å². The molecule has 0 atom stereocenters. The number of carbonyl (C=O) groups is 1. The zero-order valence-corrected chi connectivity index (χ0v) is 13.3. The zero-order valence-electron chi connectivity index (χ0n) is 11.7. The lowest BCUT2D eigenvalue weighted by Crippen LogP contribution is -2.17. The van der Waals surface area contributed by atoms with Crippen molar-refractivity contribution in [2.45, 2.75) is 37.2 Å². The molecule has 108 valence electrons. The molecule has 0 radical (unpaired) electrons. The Labute approximate surface area is 126 Å². The maximum atomic E-state index is 11.6. The number of thioether (sulfide) groups is 1. The average Bonchev–Trinajstić information content (AvgIpc) is 3.04. The maximum absolute atomic E-state index is 11.6. The normalized spacial score (nSPS) is 11.0. The molecule has 0 spiro atoms. The Balaban J connectivity index is 1.88. The van der Waals surface area contributed by atoms with Crippen LogP contribution in [0.25, 0.3) is 0 Å². The summed E-state index contributed by atoms with van der Waals surface area (Å²) in [6.45, 7) is 5.74. The molecule has 7 heteroatoms. The Morgan fingerprint density at radius 1 is 1.45 bits per heavy atom. The second-order valence-electron chi connectivity index (χ2n) is 4.49. The summed E-state index contributed by atoms with van der Waals surface area (Å²) in [4.78, 5) is 20.0. The van der Waals surface area contributed by atoms with Crippen molar-refractivity contribution in [3.63, 3.8) is 0 Å². The quantitative estimate of drug-likeness (QED) is 0.826. The molecule has 0 aliphatic carbocycles. The second kappa shape index (κ2) is 6.90. The lowest BCUT2D eigenvalue weighted by molar-refractivity contribution is -0.118. The highest BCUT2D eigenvalue weighted by Crippen LogP contribution is 2.30. The van der Waals surface area contributed by atoms with Crippen LogP contribution >= 0.6 is 23.1 Å². The minimum atomic E-state index is -0.0465. The lowest BCUT2D eigenvalue weighted by atomic mass is 10.2. The van der Waals surface area contributed by atoms with Crippen molar-refractivity contribution in [3.8, 4) is 0 Å². The van der Waals surface area contributed by atoms with E-state index in [1.54, 1.807) is 24.2 Å². The van der Waals surface area contributed by atoms with E-state index in [1.165, 1.54) is 11.3 Å². The number of aryl methyl sites for hydroxylation is 1. The molecule has 20 heavy (non-hydrogen) atoms. The molecule has 0 bridgehead atoms. The van der Waals surface area contributed by atoms with Crippen molar-refractivity contribution in [1.29, 1.82) is 0 Å². The molecule has 0 saturated heterocycles. The fourth-order valence-electron chi connectivity index (χ4n) is 1.34. The predicted octanol–water partition coefficient (Wildman–Crippen LogP) is 3.58. The molecule has 5 nitrogen and oxygen atoms in total. The van der Waals surface area contributed by atoms with Gasteiger partial charge in [-0.15, -0.1) is 11.8 Å². The first-order valence-electron chi connectivity index (χ1n) is 6.41. The second-order valence-corrected chi connectivity index (χ2v) is 6.80. The molecule has 0 aliphatic heterocycles. The summed E-state index contributed by atoms with van der Waals surface area (Å²) in [6, 6.07) is 0. The van der Waals surface area contributed by atoms with Crippen molar-refractivity contribution in [3.05, 3.63) is 24.0 Å². The summed E-state index contributed by atoms with van der Waals surface area (Å²) in [5.41, 5.74) is 0. The number of hydrogen-bond acceptors (Lipinski definition) is 6. The molecule has 0 fully saturated rings. The largest absolute Gasteiger partial charge is 0.445 e. The Morgan fingerprint density at radius 3 is 2.90 bits per heavy atom. The van der Waals surface area contributed by atoms with Gasteiger partial charge >= 0.3 is 0 Å². The molecule has 0 aliphatic rings. The number of hydrogen-bond donors (Lipinski definition) is 1. The highest BCUT2D eigenvalue weighted by atomic mass is 32.2. The smallest absolute Gasteiger partial charge is 0.228 e. The topological polar surface area (TPSA) is 68.0 Å². The van der Waals surface area contributed by atoms with Gasteiger partial charge in [-0.2, -0.15) is 0 Å². The van der Waals surface area contributed by atoms with Crippen LogP contribution in [-0.4, -0.2) is 15.9 Å². The van der Waals surface area contributed by atoms with Gasteiger partial charge in [-0.1, -0.05) is 32.1 Å². The van der Waals surface area contributed by atoms with Gasteiger partial charge in [0.25, 0.3) is 0 Å². The third-order valence-electron chi connectivity index (χ3n) is 2.53. The van der Waals surface area contributed by atoms with E-state index >= 15 is 0 Å². The van der Waals surface area contributed by atoms with Gasteiger partial charge in [0.1, 0.15) is 5.76 Å². The Bertz CT molecular complexity index is 578. The van der Waals surface area contributed by atoms with E-state index in [2.05, 4.69) is 15.3 Å². The number of carbonyl (C=O) groups excluding carboxylic acids is 1. The Kier molecular flexibility index (Phi) is 5.19. The number of nitrogens with zero attached hydrogens (tertiary/aromatic N) is 2. The first-order valence-corrected chi connectivity index (χ1v) is 8.21. The van der Waals surface area contributed by atoms with Crippen LogP contribution in [0.15, 0.2) is 21.0 Å². The average molecular weight is 311 g/mol. The van der Waals surface area contributed by atoms with E-state index < -0.39 is 0 Å². The van der Waals surface area contributed by atoms with Crippen LogP contribution in [0, 0.1) is 5.92 Å². The molecule has 0 unspecified atom stereocenters. The van der Waals surface area contributed by atoms with Crippen LogP contribution in [0.2, 0.25) is 0 Å². The standard InChI is InChI=1S/C13H17N3O2S2/c1-4-9-5-14-10(18-9)7-19-11-6-15-13(20-11)16-12(17)8(2)3/h5-6,8H,4,7H2,1-3H3,(H,15,16,17). The van der Waals surface area contributed by atoms with Crippen LogP contribution in [-0.2, 0) is 17.0 Å². The molecule has 0 aromatic carbocycles. The molecule has 2 aromatic heterocycles. The van der Waals surface area contributed by atoms with Gasteiger partial charge in [0, 0.05) is 12.3 Å². The molecule has 2 rings (SSSR count). The third-order valence-corrected chi connectivity index (χ3v) is 4.62. The van der Waals surface area contributed by atoms with Crippen LogP contribution in [0.5, 0.6) is 0 Å². The fraction of sp³-hybridized carbons (Fsp3) is 0.462. The predicted molar refractivity (Wildman–Crippen MR) is 81.0 cm³/mol. The number of thiazole rings is 1. The lowest BCUT2D eigenvalue weighted by Gasteiger charge is -2.02. The zero-order chi connectivity index (χ0) is 14.5. The van der Waals surface area contributed by atoms with Gasteiger partial charge in [-0.05, 0) is 0 Å². The van der Waals surface area contributed by atoms with Crippen LogP contribution < -0.4 is 5.32 Å². The number of amides is 1. The highest BCUT2D eigenvalue weighted by molar-refractivity contribution is 8.00. The van der Waals surface area contributed by atoms with Crippen molar-refractivity contribution in [2.24, 2.45) is 5.92 Å². The van der Waals surface area contributed by atoms with E-state index in [0.29, 0.717) is 16.8 Å². The van der Waals surface area contributed by atoms with Gasteiger partial charge in [0.2, 0.25) is 11.8 Å². The minimum Gasteiger partial charge on any atom is -0.445 e. The first kappa shape index (κ1) is 15.1. The number of anilines is 1. The van der Waals surface area contributed by atoms with Gasteiger partial charge in [-0.3, -0.25) is 4.79 Å². The molecule has 2 aromatic rings. The molecule has 0 saturated carbocycles. The van der Waals surface area contributed by atoms with E-state index in [1.807, 2.05) is 20.8 Å².